The highest BCUT2D eigenvalue weighted by Crippen LogP contribution is 2.35. The zero-order chi connectivity index (χ0) is 16.6. The van der Waals surface area contributed by atoms with Gasteiger partial charge in [0.05, 0.1) is 18.0 Å². The molecule has 2 aromatic heterocycles. The van der Waals surface area contributed by atoms with Gasteiger partial charge in [0.1, 0.15) is 10.7 Å². The first-order valence-electron chi connectivity index (χ1n) is 8.29. The van der Waals surface area contributed by atoms with Gasteiger partial charge in [0.15, 0.2) is 0 Å². The van der Waals surface area contributed by atoms with Crippen molar-refractivity contribution in [2.24, 2.45) is 5.92 Å². The molecule has 3 rings (SSSR count). The standard InChI is InChI=1S/C17H25N3O2S/c1-9-5-6-12-13(7-9)23-17-14(12)16(21)19-15(20-17)11(3)18-10(2)8-22-4/h9-11,18H,5-8H2,1-4H3,(H,19,20,21)/t9-,10-,11-/m0/s1. The molecule has 2 aromatic rings. The van der Waals surface area contributed by atoms with Crippen molar-refractivity contribution in [2.75, 3.05) is 13.7 Å². The van der Waals surface area contributed by atoms with Crippen LogP contribution in [0.15, 0.2) is 4.79 Å². The van der Waals surface area contributed by atoms with E-state index in [1.807, 2.05) is 6.92 Å². The second-order valence-electron chi connectivity index (χ2n) is 6.73. The number of H-pyrrole nitrogens is 1. The number of rotatable bonds is 5. The molecule has 0 aliphatic heterocycles. The fraction of sp³-hybridized carbons (Fsp3) is 0.647. The van der Waals surface area contributed by atoms with E-state index < -0.39 is 0 Å². The van der Waals surface area contributed by atoms with Gasteiger partial charge in [0, 0.05) is 18.0 Å². The van der Waals surface area contributed by atoms with E-state index in [1.54, 1.807) is 18.4 Å². The largest absolute Gasteiger partial charge is 0.383 e. The maximum Gasteiger partial charge on any atom is 0.259 e. The molecule has 0 amide bonds. The molecule has 0 radical (unpaired) electrons. The summed E-state index contributed by atoms with van der Waals surface area (Å²) < 4.78 is 5.15. The van der Waals surface area contributed by atoms with Crippen LogP contribution < -0.4 is 10.9 Å². The number of hydrogen-bond acceptors (Lipinski definition) is 5. The lowest BCUT2D eigenvalue weighted by Crippen LogP contribution is -2.34. The van der Waals surface area contributed by atoms with Gasteiger partial charge in [-0.25, -0.2) is 4.98 Å². The molecule has 5 nitrogen and oxygen atoms in total. The molecule has 0 saturated carbocycles. The number of methoxy groups -OCH3 is 1. The Bertz CT molecular complexity index is 752. The van der Waals surface area contributed by atoms with E-state index >= 15 is 0 Å². The van der Waals surface area contributed by atoms with Gasteiger partial charge >= 0.3 is 0 Å². The molecule has 0 unspecified atom stereocenters. The second-order valence-corrected chi connectivity index (χ2v) is 7.81. The number of fused-ring (bicyclic) bond motifs is 3. The third-order valence-corrected chi connectivity index (χ3v) is 5.69. The quantitative estimate of drug-likeness (QED) is 0.882. The van der Waals surface area contributed by atoms with Crippen molar-refractivity contribution in [2.45, 2.75) is 52.1 Å². The highest BCUT2D eigenvalue weighted by atomic mass is 32.1. The Morgan fingerprint density at radius 1 is 1.48 bits per heavy atom. The molecule has 0 aromatic carbocycles. The van der Waals surface area contributed by atoms with Crippen LogP contribution in [0.4, 0.5) is 0 Å². The van der Waals surface area contributed by atoms with Crippen LogP contribution in [0.2, 0.25) is 0 Å². The van der Waals surface area contributed by atoms with E-state index in [2.05, 4.69) is 24.1 Å². The molecule has 0 bridgehead atoms. The van der Waals surface area contributed by atoms with Gasteiger partial charge < -0.3 is 15.0 Å². The topological polar surface area (TPSA) is 67.0 Å². The minimum atomic E-state index is -0.0182. The fourth-order valence-electron chi connectivity index (χ4n) is 3.37. The van der Waals surface area contributed by atoms with Crippen molar-refractivity contribution in [1.29, 1.82) is 0 Å². The molecule has 2 heterocycles. The molecule has 0 saturated heterocycles. The molecular weight excluding hydrogens is 310 g/mol. The molecular formula is C17H25N3O2S. The number of ether oxygens (including phenoxy) is 1. The predicted molar refractivity (Wildman–Crippen MR) is 94.3 cm³/mol. The number of aromatic amines is 1. The number of nitrogens with zero attached hydrogens (tertiary/aromatic N) is 1. The minimum Gasteiger partial charge on any atom is -0.383 e. The van der Waals surface area contributed by atoms with Crippen LogP contribution in [-0.2, 0) is 17.6 Å². The number of nitrogens with one attached hydrogen (secondary N) is 2. The monoisotopic (exact) mass is 335 g/mol. The van der Waals surface area contributed by atoms with Crippen LogP contribution in [0.25, 0.3) is 10.2 Å². The molecule has 3 atom stereocenters. The van der Waals surface area contributed by atoms with Crippen molar-refractivity contribution >= 4 is 21.6 Å². The van der Waals surface area contributed by atoms with Crippen LogP contribution in [0.5, 0.6) is 0 Å². The summed E-state index contributed by atoms with van der Waals surface area (Å²) in [6, 6.07) is 0.184. The molecule has 0 fully saturated rings. The van der Waals surface area contributed by atoms with E-state index in [9.17, 15) is 4.79 Å². The lowest BCUT2D eigenvalue weighted by atomic mass is 9.89. The lowest BCUT2D eigenvalue weighted by molar-refractivity contribution is 0.167. The van der Waals surface area contributed by atoms with E-state index in [0.717, 1.165) is 29.5 Å². The Labute approximate surface area is 140 Å². The van der Waals surface area contributed by atoms with Crippen LogP contribution >= 0.6 is 11.3 Å². The highest BCUT2D eigenvalue weighted by Gasteiger charge is 2.23. The Hall–Kier alpha value is -1.24. The minimum absolute atomic E-state index is 0.00472. The number of aromatic nitrogens is 2. The van der Waals surface area contributed by atoms with Gasteiger partial charge in [-0.3, -0.25) is 4.79 Å². The zero-order valence-corrected chi connectivity index (χ0v) is 15.0. The summed E-state index contributed by atoms with van der Waals surface area (Å²) in [5.74, 6) is 1.40. The first-order valence-corrected chi connectivity index (χ1v) is 9.10. The Morgan fingerprint density at radius 3 is 3.00 bits per heavy atom. The van der Waals surface area contributed by atoms with Crippen LogP contribution in [-0.4, -0.2) is 29.7 Å². The number of thiophene rings is 1. The molecule has 23 heavy (non-hydrogen) atoms. The van der Waals surface area contributed by atoms with Crippen molar-refractivity contribution in [3.63, 3.8) is 0 Å². The van der Waals surface area contributed by atoms with E-state index in [-0.39, 0.29) is 17.6 Å². The Kier molecular flexibility index (Phi) is 4.85. The van der Waals surface area contributed by atoms with Crippen molar-refractivity contribution in [3.8, 4) is 0 Å². The zero-order valence-electron chi connectivity index (χ0n) is 14.2. The highest BCUT2D eigenvalue weighted by molar-refractivity contribution is 7.18. The van der Waals surface area contributed by atoms with Gasteiger partial charge in [0.2, 0.25) is 0 Å². The van der Waals surface area contributed by atoms with Crippen molar-refractivity contribution in [3.05, 3.63) is 26.6 Å². The summed E-state index contributed by atoms with van der Waals surface area (Å²) in [5.41, 5.74) is 1.24. The van der Waals surface area contributed by atoms with Crippen LogP contribution in [0, 0.1) is 5.92 Å². The van der Waals surface area contributed by atoms with E-state index in [1.165, 1.54) is 10.4 Å². The molecule has 0 spiro atoms. The average Bonchev–Trinajstić information content (AvgIpc) is 2.84. The van der Waals surface area contributed by atoms with Crippen molar-refractivity contribution in [1.82, 2.24) is 15.3 Å². The number of hydrogen-bond donors (Lipinski definition) is 2. The van der Waals surface area contributed by atoms with Crippen LogP contribution in [0.3, 0.4) is 0 Å². The van der Waals surface area contributed by atoms with Gasteiger partial charge in [-0.15, -0.1) is 11.3 Å². The van der Waals surface area contributed by atoms with Gasteiger partial charge in [-0.05, 0) is 44.6 Å². The summed E-state index contributed by atoms with van der Waals surface area (Å²) in [5, 5.41) is 4.22. The SMILES string of the molecule is COC[C@H](C)N[C@@H](C)c1nc2sc3c(c2c(=O)[nH]1)CC[C@H](C)C3. The lowest BCUT2D eigenvalue weighted by Gasteiger charge is -2.19. The molecule has 126 valence electrons. The van der Waals surface area contributed by atoms with Crippen molar-refractivity contribution < 1.29 is 4.74 Å². The molecule has 1 aliphatic carbocycles. The first-order chi connectivity index (χ1) is 11.0. The van der Waals surface area contributed by atoms with Crippen LogP contribution in [0.1, 0.15) is 49.5 Å². The van der Waals surface area contributed by atoms with E-state index in [0.29, 0.717) is 18.3 Å². The fourth-order valence-corrected chi connectivity index (χ4v) is 4.76. The second kappa shape index (κ2) is 6.71. The third-order valence-electron chi connectivity index (χ3n) is 4.55. The molecule has 2 N–H and O–H groups in total. The van der Waals surface area contributed by atoms with Gasteiger partial charge in [-0.2, -0.15) is 0 Å². The van der Waals surface area contributed by atoms with Gasteiger partial charge in [0.25, 0.3) is 5.56 Å². The summed E-state index contributed by atoms with van der Waals surface area (Å²) in [4.78, 5) is 22.5. The average molecular weight is 335 g/mol. The van der Waals surface area contributed by atoms with Gasteiger partial charge in [-0.1, -0.05) is 6.92 Å². The smallest absolute Gasteiger partial charge is 0.259 e. The summed E-state index contributed by atoms with van der Waals surface area (Å²) in [7, 11) is 1.69. The van der Waals surface area contributed by atoms with E-state index in [4.69, 9.17) is 9.72 Å². The maximum absolute atomic E-state index is 12.6. The Morgan fingerprint density at radius 2 is 2.26 bits per heavy atom. The summed E-state index contributed by atoms with van der Waals surface area (Å²) in [6.45, 7) is 6.98. The third kappa shape index (κ3) is 3.34. The normalized spacial score (nSPS) is 20.4. The maximum atomic E-state index is 12.6. The number of aryl methyl sites for hydroxylation is 1. The summed E-state index contributed by atoms with van der Waals surface area (Å²) >= 11 is 1.69. The molecule has 1 aliphatic rings. The molecule has 6 heteroatoms. The predicted octanol–water partition coefficient (Wildman–Crippen LogP) is 2.79. The Balaban J connectivity index is 1.94. The summed E-state index contributed by atoms with van der Waals surface area (Å²) in [6.07, 6.45) is 3.23. The first kappa shape index (κ1) is 16.6.